The lowest BCUT2D eigenvalue weighted by Crippen LogP contribution is -2.02. The summed E-state index contributed by atoms with van der Waals surface area (Å²) >= 11 is 16.8. The molecule has 1 rings (SSSR count). The smallest absolute Gasteiger partial charge is 0.232 e. The van der Waals surface area contributed by atoms with E-state index in [0.29, 0.717) is 5.69 Å². The molecule has 0 aliphatic rings. The van der Waals surface area contributed by atoms with Gasteiger partial charge in [0.2, 0.25) is 3.79 Å². The van der Waals surface area contributed by atoms with Gasteiger partial charge in [0.25, 0.3) is 0 Å². The van der Waals surface area contributed by atoms with E-state index >= 15 is 0 Å². The van der Waals surface area contributed by atoms with Crippen LogP contribution in [-0.4, -0.2) is 4.98 Å². The second kappa shape index (κ2) is 3.82. The highest BCUT2D eigenvalue weighted by atomic mass is 35.6. The molecule has 0 unspecified atom stereocenters. The van der Waals surface area contributed by atoms with E-state index in [1.54, 1.807) is 12.3 Å². The van der Waals surface area contributed by atoms with Gasteiger partial charge >= 0.3 is 0 Å². The number of hydrogen-bond donors (Lipinski definition) is 0. The highest BCUT2D eigenvalue weighted by molar-refractivity contribution is 6.66. The maximum absolute atomic E-state index is 5.61. The minimum absolute atomic E-state index is 0.443. The van der Waals surface area contributed by atoms with E-state index in [-0.39, 0.29) is 0 Å². The van der Waals surface area contributed by atoms with Gasteiger partial charge < -0.3 is 0 Å². The summed E-state index contributed by atoms with van der Waals surface area (Å²) in [5.41, 5.74) is 1.45. The monoisotopic (exact) mass is 222 g/mol. The first-order valence-corrected chi connectivity index (χ1v) is 4.50. The molecule has 1 radical (unpaired) electrons. The van der Waals surface area contributed by atoms with Crippen molar-refractivity contribution in [1.29, 1.82) is 0 Å². The van der Waals surface area contributed by atoms with Crippen LogP contribution in [0.3, 0.4) is 0 Å². The van der Waals surface area contributed by atoms with Crippen molar-refractivity contribution in [3.63, 3.8) is 0 Å². The van der Waals surface area contributed by atoms with E-state index in [9.17, 15) is 0 Å². The van der Waals surface area contributed by atoms with E-state index in [4.69, 9.17) is 34.8 Å². The van der Waals surface area contributed by atoms with Crippen LogP contribution in [0.4, 0.5) is 0 Å². The summed E-state index contributed by atoms with van der Waals surface area (Å²) in [6.07, 6.45) is 3.59. The van der Waals surface area contributed by atoms with Crippen molar-refractivity contribution in [1.82, 2.24) is 4.98 Å². The largest absolute Gasteiger partial charge is 0.256 e. The average Bonchev–Trinajstić information content (AvgIpc) is 2.03. The standard InChI is InChI=1S/C8H7Cl3N/c1-2-6-3-4-7(12-5-6)8(9,10)11/h2-5H,1H3. The number of hydrogen-bond acceptors (Lipinski definition) is 1. The van der Waals surface area contributed by atoms with Gasteiger partial charge in [0, 0.05) is 6.20 Å². The van der Waals surface area contributed by atoms with Crippen molar-refractivity contribution in [2.45, 2.75) is 10.7 Å². The predicted octanol–water partition coefficient (Wildman–Crippen LogP) is 3.48. The second-order valence-corrected chi connectivity index (χ2v) is 4.54. The van der Waals surface area contributed by atoms with Gasteiger partial charge in [-0.25, -0.2) is 0 Å². The van der Waals surface area contributed by atoms with Crippen LogP contribution in [-0.2, 0) is 3.79 Å². The number of nitrogens with zero attached hydrogens (tertiary/aromatic N) is 1. The van der Waals surface area contributed by atoms with Gasteiger partial charge in [0.1, 0.15) is 0 Å². The first-order chi connectivity index (χ1) is 5.54. The maximum Gasteiger partial charge on any atom is 0.232 e. The molecule has 0 amide bonds. The normalized spacial score (nSPS) is 11.7. The number of rotatable bonds is 1. The SMILES string of the molecule is C[CH]c1ccc(C(Cl)(Cl)Cl)nc1. The molecule has 65 valence electrons. The Morgan fingerprint density at radius 1 is 1.33 bits per heavy atom. The Morgan fingerprint density at radius 2 is 2.00 bits per heavy atom. The molecule has 0 spiro atoms. The summed E-state index contributed by atoms with van der Waals surface area (Å²) in [6, 6.07) is 3.55. The van der Waals surface area contributed by atoms with Crippen LogP contribution < -0.4 is 0 Å². The minimum Gasteiger partial charge on any atom is -0.256 e. The minimum atomic E-state index is -1.42. The van der Waals surface area contributed by atoms with Crippen LogP contribution in [0.1, 0.15) is 18.2 Å². The number of pyridine rings is 1. The van der Waals surface area contributed by atoms with Crippen molar-refractivity contribution in [3.8, 4) is 0 Å². The molecule has 0 atom stereocenters. The first-order valence-electron chi connectivity index (χ1n) is 3.36. The predicted molar refractivity (Wildman–Crippen MR) is 52.6 cm³/mol. The van der Waals surface area contributed by atoms with Crippen LogP contribution in [0, 0.1) is 6.42 Å². The van der Waals surface area contributed by atoms with Gasteiger partial charge in [-0.05, 0) is 18.1 Å². The Kier molecular flexibility index (Phi) is 3.22. The van der Waals surface area contributed by atoms with Crippen molar-refractivity contribution >= 4 is 34.8 Å². The molecule has 12 heavy (non-hydrogen) atoms. The molecule has 1 heterocycles. The third kappa shape index (κ3) is 2.51. The molecule has 1 aromatic heterocycles. The fourth-order valence-corrected chi connectivity index (χ4v) is 1.08. The third-order valence-corrected chi connectivity index (χ3v) is 1.99. The zero-order chi connectivity index (χ0) is 9.19. The van der Waals surface area contributed by atoms with Gasteiger partial charge in [-0.1, -0.05) is 47.8 Å². The maximum atomic E-state index is 5.61. The molecule has 1 nitrogen and oxygen atoms in total. The molecule has 0 fully saturated rings. The molecular weight excluding hydrogens is 216 g/mol. The van der Waals surface area contributed by atoms with Crippen LogP contribution in [0.15, 0.2) is 18.3 Å². The molecule has 0 bridgehead atoms. The summed E-state index contributed by atoms with van der Waals surface area (Å²) in [7, 11) is 0. The molecule has 0 N–H and O–H groups in total. The van der Waals surface area contributed by atoms with Crippen LogP contribution in [0.25, 0.3) is 0 Å². The Bertz CT molecular complexity index is 250. The molecule has 0 saturated carbocycles. The summed E-state index contributed by atoms with van der Waals surface area (Å²) in [5.74, 6) is 0. The first kappa shape index (κ1) is 10.1. The summed E-state index contributed by atoms with van der Waals surface area (Å²) in [6.45, 7) is 1.92. The molecule has 0 aromatic carbocycles. The average molecular weight is 224 g/mol. The highest BCUT2D eigenvalue weighted by Gasteiger charge is 2.23. The molecule has 1 aromatic rings. The summed E-state index contributed by atoms with van der Waals surface area (Å²) < 4.78 is -1.42. The summed E-state index contributed by atoms with van der Waals surface area (Å²) in [4.78, 5) is 3.99. The van der Waals surface area contributed by atoms with E-state index in [0.717, 1.165) is 5.56 Å². The zero-order valence-electron chi connectivity index (χ0n) is 6.39. The van der Waals surface area contributed by atoms with E-state index in [1.807, 2.05) is 19.4 Å². The van der Waals surface area contributed by atoms with E-state index in [1.165, 1.54) is 0 Å². The van der Waals surface area contributed by atoms with Crippen molar-refractivity contribution in [2.75, 3.05) is 0 Å². The van der Waals surface area contributed by atoms with E-state index in [2.05, 4.69) is 4.98 Å². The van der Waals surface area contributed by atoms with Crippen LogP contribution in [0.2, 0.25) is 0 Å². The zero-order valence-corrected chi connectivity index (χ0v) is 8.66. The molecule has 0 saturated heterocycles. The molecule has 4 heteroatoms. The Labute approximate surface area is 86.7 Å². The topological polar surface area (TPSA) is 12.9 Å². The van der Waals surface area contributed by atoms with Gasteiger partial charge in [-0.15, -0.1) is 0 Å². The van der Waals surface area contributed by atoms with Gasteiger partial charge in [-0.3, -0.25) is 4.98 Å². The Morgan fingerprint density at radius 3 is 2.33 bits per heavy atom. The highest BCUT2D eigenvalue weighted by Crippen LogP contribution is 2.36. The lowest BCUT2D eigenvalue weighted by Gasteiger charge is -2.09. The lowest BCUT2D eigenvalue weighted by atomic mass is 10.2. The second-order valence-electron chi connectivity index (χ2n) is 2.26. The summed E-state index contributed by atoms with van der Waals surface area (Å²) in [5, 5.41) is 0. The Balaban J connectivity index is 2.93. The van der Waals surface area contributed by atoms with Gasteiger partial charge in [0.15, 0.2) is 0 Å². The van der Waals surface area contributed by atoms with Gasteiger partial charge in [0.05, 0.1) is 5.69 Å². The number of alkyl halides is 3. The number of aromatic nitrogens is 1. The quantitative estimate of drug-likeness (QED) is 0.664. The van der Waals surface area contributed by atoms with Crippen LogP contribution in [0.5, 0.6) is 0 Å². The van der Waals surface area contributed by atoms with E-state index < -0.39 is 3.79 Å². The van der Waals surface area contributed by atoms with Crippen LogP contribution >= 0.6 is 34.8 Å². The molecular formula is C8H7Cl3N. The molecule has 0 aliphatic heterocycles. The fourth-order valence-electron chi connectivity index (χ4n) is 0.744. The Hall–Kier alpha value is 0.0200. The van der Waals surface area contributed by atoms with Crippen molar-refractivity contribution < 1.29 is 0 Å². The lowest BCUT2D eigenvalue weighted by molar-refractivity contribution is 1.07. The van der Waals surface area contributed by atoms with Crippen molar-refractivity contribution in [2.24, 2.45) is 0 Å². The van der Waals surface area contributed by atoms with Crippen molar-refractivity contribution in [3.05, 3.63) is 36.0 Å². The van der Waals surface area contributed by atoms with Gasteiger partial charge in [-0.2, -0.15) is 0 Å². The molecule has 0 aliphatic carbocycles. The number of halogens is 3. The fraction of sp³-hybridized carbons (Fsp3) is 0.250. The third-order valence-electron chi connectivity index (χ3n) is 1.41.